The van der Waals surface area contributed by atoms with Crippen molar-refractivity contribution in [1.29, 1.82) is 0 Å². The number of benzene rings is 2. The van der Waals surface area contributed by atoms with Crippen molar-refractivity contribution in [3.05, 3.63) is 48.3 Å². The molecule has 1 unspecified atom stereocenters. The van der Waals surface area contributed by atoms with Crippen LogP contribution in [0.3, 0.4) is 0 Å². The highest BCUT2D eigenvalue weighted by Crippen LogP contribution is 2.29. The van der Waals surface area contributed by atoms with E-state index in [0.717, 1.165) is 24.3 Å². The van der Waals surface area contributed by atoms with Crippen molar-refractivity contribution in [3.8, 4) is 11.5 Å². The molecule has 0 saturated heterocycles. The first kappa shape index (κ1) is 20.7. The Balaban J connectivity index is 2.15. The molecule has 0 radical (unpaired) electrons. The number of carbonyl (C=O) groups excluding carboxylic acids is 1. The topological polar surface area (TPSA) is 93.7 Å². The maximum absolute atomic E-state index is 13.0. The van der Waals surface area contributed by atoms with Gasteiger partial charge in [0.05, 0.1) is 19.1 Å². The van der Waals surface area contributed by atoms with Crippen LogP contribution in [-0.4, -0.2) is 34.6 Å². The minimum atomic E-state index is -3.97. The van der Waals surface area contributed by atoms with E-state index < -0.39 is 27.8 Å². The number of nitrogens with one attached hydrogen (secondary N) is 2. The molecule has 146 valence electrons. The maximum atomic E-state index is 13.0. The minimum absolute atomic E-state index is 0.124. The number of rotatable bonds is 8. The van der Waals surface area contributed by atoms with E-state index in [-0.39, 0.29) is 11.3 Å². The van der Waals surface area contributed by atoms with Crippen LogP contribution in [0.2, 0.25) is 0 Å². The van der Waals surface area contributed by atoms with Crippen LogP contribution in [-0.2, 0) is 14.8 Å². The van der Waals surface area contributed by atoms with Crippen LogP contribution in [0, 0.1) is 5.82 Å². The quantitative estimate of drug-likeness (QED) is 0.715. The van der Waals surface area contributed by atoms with Crippen LogP contribution in [0.25, 0.3) is 0 Å². The molecule has 2 rings (SSSR count). The van der Waals surface area contributed by atoms with Gasteiger partial charge in [-0.05, 0) is 42.8 Å². The molecule has 2 N–H and O–H groups in total. The third-order valence-electron chi connectivity index (χ3n) is 3.80. The average Bonchev–Trinajstić information content (AvgIpc) is 2.66. The second-order valence-corrected chi connectivity index (χ2v) is 7.31. The summed E-state index contributed by atoms with van der Waals surface area (Å²) in [6.45, 7) is 1.67. The van der Waals surface area contributed by atoms with Gasteiger partial charge in [-0.15, -0.1) is 0 Å². The number of ether oxygens (including phenoxy) is 2. The number of methoxy groups -OCH3 is 2. The van der Waals surface area contributed by atoms with Crippen LogP contribution in [0.1, 0.15) is 13.3 Å². The molecule has 1 amide bonds. The molecule has 2 aromatic rings. The number of anilines is 1. The van der Waals surface area contributed by atoms with Crippen molar-refractivity contribution in [1.82, 2.24) is 4.72 Å². The zero-order valence-corrected chi connectivity index (χ0v) is 16.0. The zero-order valence-electron chi connectivity index (χ0n) is 15.2. The largest absolute Gasteiger partial charge is 0.493 e. The van der Waals surface area contributed by atoms with Crippen molar-refractivity contribution in [2.24, 2.45) is 0 Å². The summed E-state index contributed by atoms with van der Waals surface area (Å²) in [6, 6.07) is 8.15. The number of halogens is 1. The molecule has 7 nitrogen and oxygen atoms in total. The van der Waals surface area contributed by atoms with Crippen LogP contribution < -0.4 is 19.5 Å². The van der Waals surface area contributed by atoms with E-state index in [4.69, 9.17) is 9.47 Å². The van der Waals surface area contributed by atoms with Gasteiger partial charge in [0.2, 0.25) is 15.9 Å². The molecule has 0 aliphatic carbocycles. The van der Waals surface area contributed by atoms with Gasteiger partial charge < -0.3 is 14.8 Å². The van der Waals surface area contributed by atoms with E-state index in [1.165, 1.54) is 14.2 Å². The summed E-state index contributed by atoms with van der Waals surface area (Å²) < 4.78 is 50.4. The molecule has 0 spiro atoms. The molecule has 9 heteroatoms. The van der Waals surface area contributed by atoms with E-state index in [0.29, 0.717) is 17.2 Å². The number of sulfonamides is 1. The Bertz CT molecular complexity index is 900. The summed E-state index contributed by atoms with van der Waals surface area (Å²) in [4.78, 5) is 12.4. The monoisotopic (exact) mass is 396 g/mol. The molecular formula is C18H21FN2O5S. The van der Waals surface area contributed by atoms with E-state index in [2.05, 4.69) is 10.0 Å². The summed E-state index contributed by atoms with van der Waals surface area (Å²) in [5.74, 6) is -0.155. The Labute approximate surface area is 157 Å². The molecule has 0 heterocycles. The van der Waals surface area contributed by atoms with Gasteiger partial charge in [0.25, 0.3) is 0 Å². The number of hydrogen-bond donors (Lipinski definition) is 2. The van der Waals surface area contributed by atoms with Crippen molar-refractivity contribution in [3.63, 3.8) is 0 Å². The normalized spacial score (nSPS) is 12.3. The molecule has 0 fully saturated rings. The Morgan fingerprint density at radius 3 is 2.26 bits per heavy atom. The van der Waals surface area contributed by atoms with Crippen molar-refractivity contribution in [2.75, 3.05) is 19.5 Å². The van der Waals surface area contributed by atoms with Crippen molar-refractivity contribution >= 4 is 21.6 Å². The summed E-state index contributed by atoms with van der Waals surface area (Å²) >= 11 is 0. The SMILES string of the molecule is CCC(NS(=O)(=O)c1ccc(F)cc1)C(=O)Nc1ccc(OC)c(OC)c1. The summed E-state index contributed by atoms with van der Waals surface area (Å²) in [5.41, 5.74) is 0.428. The highest BCUT2D eigenvalue weighted by atomic mass is 32.2. The fraction of sp³-hybridized carbons (Fsp3) is 0.278. The number of hydrogen-bond acceptors (Lipinski definition) is 5. The average molecular weight is 396 g/mol. The predicted molar refractivity (Wildman–Crippen MR) is 99.0 cm³/mol. The number of amides is 1. The highest BCUT2D eigenvalue weighted by Gasteiger charge is 2.24. The van der Waals surface area contributed by atoms with Crippen molar-refractivity contribution < 1.29 is 27.1 Å². The van der Waals surface area contributed by atoms with Gasteiger partial charge in [-0.1, -0.05) is 6.92 Å². The molecule has 0 saturated carbocycles. The van der Waals surface area contributed by atoms with Gasteiger partial charge >= 0.3 is 0 Å². The van der Waals surface area contributed by atoms with Gasteiger partial charge in [0.1, 0.15) is 11.9 Å². The lowest BCUT2D eigenvalue weighted by atomic mass is 10.2. The third-order valence-corrected chi connectivity index (χ3v) is 5.28. The van der Waals surface area contributed by atoms with Crippen LogP contribution >= 0.6 is 0 Å². The first-order chi connectivity index (χ1) is 12.8. The predicted octanol–water partition coefficient (Wildman–Crippen LogP) is 2.54. The molecule has 0 aromatic heterocycles. The lowest BCUT2D eigenvalue weighted by molar-refractivity contribution is -0.117. The Morgan fingerprint density at radius 1 is 1.07 bits per heavy atom. The first-order valence-electron chi connectivity index (χ1n) is 8.11. The lowest BCUT2D eigenvalue weighted by Gasteiger charge is -2.17. The van der Waals surface area contributed by atoms with Gasteiger partial charge in [-0.2, -0.15) is 4.72 Å². The molecule has 1 atom stereocenters. The fourth-order valence-corrected chi connectivity index (χ4v) is 3.61. The molecule has 0 aliphatic heterocycles. The first-order valence-corrected chi connectivity index (χ1v) is 9.59. The van der Waals surface area contributed by atoms with Crippen molar-refractivity contribution in [2.45, 2.75) is 24.3 Å². The highest BCUT2D eigenvalue weighted by molar-refractivity contribution is 7.89. The summed E-state index contributed by atoms with van der Waals surface area (Å²) in [5, 5.41) is 2.64. The molecule has 2 aromatic carbocycles. The van der Waals surface area contributed by atoms with Gasteiger partial charge in [-0.25, -0.2) is 12.8 Å². The van der Waals surface area contributed by atoms with E-state index in [9.17, 15) is 17.6 Å². The Kier molecular flexibility index (Phi) is 6.75. The smallest absolute Gasteiger partial charge is 0.242 e. The summed E-state index contributed by atoms with van der Waals surface area (Å²) in [7, 11) is -1.01. The molecule has 27 heavy (non-hydrogen) atoms. The minimum Gasteiger partial charge on any atom is -0.493 e. The maximum Gasteiger partial charge on any atom is 0.242 e. The molecular weight excluding hydrogens is 375 g/mol. The summed E-state index contributed by atoms with van der Waals surface area (Å²) in [6.07, 6.45) is 0.222. The van der Waals surface area contributed by atoms with E-state index >= 15 is 0 Å². The number of carbonyl (C=O) groups is 1. The van der Waals surface area contributed by atoms with Crippen LogP contribution in [0.15, 0.2) is 47.4 Å². The van der Waals surface area contributed by atoms with Gasteiger partial charge in [0.15, 0.2) is 11.5 Å². The Hall–Kier alpha value is -2.65. The fourth-order valence-electron chi connectivity index (χ4n) is 2.33. The van der Waals surface area contributed by atoms with Gasteiger partial charge in [0, 0.05) is 11.8 Å². The van der Waals surface area contributed by atoms with Crippen LogP contribution in [0.5, 0.6) is 11.5 Å². The molecule has 0 aliphatic rings. The lowest BCUT2D eigenvalue weighted by Crippen LogP contribution is -2.43. The van der Waals surface area contributed by atoms with E-state index in [1.54, 1.807) is 25.1 Å². The second-order valence-electron chi connectivity index (χ2n) is 5.60. The second kappa shape index (κ2) is 8.83. The van der Waals surface area contributed by atoms with Crippen LogP contribution in [0.4, 0.5) is 10.1 Å². The third kappa shape index (κ3) is 5.18. The Morgan fingerprint density at radius 2 is 1.70 bits per heavy atom. The zero-order chi connectivity index (χ0) is 20.0. The van der Waals surface area contributed by atoms with Gasteiger partial charge in [-0.3, -0.25) is 4.79 Å². The molecule has 0 bridgehead atoms. The standard InChI is InChI=1S/C18H21FN2O5S/c1-4-15(21-27(23,24)14-8-5-12(19)6-9-14)18(22)20-13-7-10-16(25-2)17(11-13)26-3/h5-11,15,21H,4H2,1-3H3,(H,20,22). The van der Waals surface area contributed by atoms with E-state index in [1.807, 2.05) is 0 Å².